The maximum Gasteiger partial charge on any atom is 0.123 e. The Labute approximate surface area is 105 Å². The molecule has 0 saturated carbocycles. The van der Waals surface area contributed by atoms with Crippen LogP contribution in [0.5, 0.6) is 0 Å². The topological polar surface area (TPSA) is 12.0 Å². The van der Waals surface area contributed by atoms with Gasteiger partial charge in [0.2, 0.25) is 0 Å². The van der Waals surface area contributed by atoms with Crippen molar-refractivity contribution in [3.05, 3.63) is 34.1 Å². The zero-order valence-electron chi connectivity index (χ0n) is 9.26. The highest BCUT2D eigenvalue weighted by molar-refractivity contribution is 9.10. The highest BCUT2D eigenvalue weighted by atomic mass is 79.9. The largest absolute Gasteiger partial charge is 0.300 e. The first kappa shape index (κ1) is 13.2. The lowest BCUT2D eigenvalue weighted by atomic mass is 10.1. The molecule has 0 saturated heterocycles. The van der Waals surface area contributed by atoms with Crippen LogP contribution in [-0.2, 0) is 6.54 Å². The van der Waals surface area contributed by atoms with Crippen LogP contribution >= 0.6 is 15.9 Å². The molecule has 1 rings (SSSR count). The summed E-state index contributed by atoms with van der Waals surface area (Å²) in [6, 6.07) is 4.70. The molecule has 0 aromatic heterocycles. The average molecular weight is 284 g/mol. The second kappa shape index (κ2) is 6.67. The maximum absolute atomic E-state index is 13.0. The summed E-state index contributed by atoms with van der Waals surface area (Å²) in [5.41, 5.74) is 0.886. The lowest BCUT2D eigenvalue weighted by molar-refractivity contribution is 0.558. The minimum Gasteiger partial charge on any atom is -0.300 e. The monoisotopic (exact) mass is 283 g/mol. The van der Waals surface area contributed by atoms with E-state index < -0.39 is 0 Å². The van der Waals surface area contributed by atoms with E-state index in [0.29, 0.717) is 6.54 Å². The van der Waals surface area contributed by atoms with E-state index in [2.05, 4.69) is 34.1 Å². The lowest BCUT2D eigenvalue weighted by Gasteiger charge is -2.12. The van der Waals surface area contributed by atoms with Gasteiger partial charge in [0.1, 0.15) is 5.82 Å². The number of benzene rings is 1. The number of hydrogen-bond acceptors (Lipinski definition) is 1. The summed E-state index contributed by atoms with van der Waals surface area (Å²) >= 11 is 3.38. The van der Waals surface area contributed by atoms with Gasteiger partial charge in [0, 0.05) is 11.0 Å². The molecule has 1 atom stereocenters. The fourth-order valence-electron chi connectivity index (χ4n) is 1.44. The number of rotatable bonds is 5. The fourth-order valence-corrected chi connectivity index (χ4v) is 1.83. The van der Waals surface area contributed by atoms with Gasteiger partial charge in [-0.05, 0) is 30.2 Å². The van der Waals surface area contributed by atoms with Crippen LogP contribution in [0.1, 0.15) is 25.3 Å². The molecule has 0 radical (unpaired) electrons. The van der Waals surface area contributed by atoms with Crippen molar-refractivity contribution < 1.29 is 4.39 Å². The number of nitrogens with one attached hydrogen (secondary N) is 1. The van der Waals surface area contributed by atoms with Gasteiger partial charge in [-0.1, -0.05) is 35.2 Å². The Morgan fingerprint density at radius 3 is 2.94 bits per heavy atom. The fraction of sp³-hybridized carbons (Fsp3) is 0.385. The summed E-state index contributed by atoms with van der Waals surface area (Å²) in [5.74, 6) is 2.46. The molecule has 16 heavy (non-hydrogen) atoms. The van der Waals surface area contributed by atoms with Gasteiger partial charge in [0.15, 0.2) is 0 Å². The molecule has 1 aromatic rings. The highest BCUT2D eigenvalue weighted by Gasteiger charge is 2.05. The van der Waals surface area contributed by atoms with E-state index in [1.165, 1.54) is 12.1 Å². The molecule has 0 bridgehead atoms. The van der Waals surface area contributed by atoms with Crippen molar-refractivity contribution in [2.75, 3.05) is 0 Å². The van der Waals surface area contributed by atoms with Crippen LogP contribution in [-0.4, -0.2) is 6.04 Å². The van der Waals surface area contributed by atoms with Gasteiger partial charge in [-0.3, -0.25) is 5.32 Å². The molecule has 86 valence electrons. The van der Waals surface area contributed by atoms with Gasteiger partial charge in [0.25, 0.3) is 0 Å². The van der Waals surface area contributed by atoms with Gasteiger partial charge < -0.3 is 0 Å². The van der Waals surface area contributed by atoms with E-state index in [4.69, 9.17) is 6.42 Å². The van der Waals surface area contributed by atoms with Gasteiger partial charge in [0.05, 0.1) is 6.04 Å². The van der Waals surface area contributed by atoms with Crippen molar-refractivity contribution in [2.45, 2.75) is 32.4 Å². The molecule has 3 heteroatoms. The van der Waals surface area contributed by atoms with Gasteiger partial charge in [-0.2, -0.15) is 0 Å². The lowest BCUT2D eigenvalue weighted by Crippen LogP contribution is -2.26. The molecule has 0 spiro atoms. The van der Waals surface area contributed by atoms with E-state index >= 15 is 0 Å². The second-order valence-corrected chi connectivity index (χ2v) is 4.48. The van der Waals surface area contributed by atoms with E-state index in [1.807, 2.05) is 0 Å². The minimum atomic E-state index is -0.229. The predicted octanol–water partition coefficient (Wildman–Crippen LogP) is 3.48. The first-order valence-corrected chi connectivity index (χ1v) is 6.10. The van der Waals surface area contributed by atoms with Crippen molar-refractivity contribution in [2.24, 2.45) is 0 Å². The normalized spacial score (nSPS) is 12.1. The summed E-state index contributed by atoms with van der Waals surface area (Å²) in [4.78, 5) is 0. The Kier molecular flexibility index (Phi) is 5.51. The molecule has 1 unspecified atom stereocenters. The molecule has 0 amide bonds. The van der Waals surface area contributed by atoms with Crippen LogP contribution in [0, 0.1) is 18.2 Å². The molecule has 0 aliphatic carbocycles. The molecule has 0 aliphatic heterocycles. The van der Waals surface area contributed by atoms with Crippen LogP contribution in [0.25, 0.3) is 0 Å². The van der Waals surface area contributed by atoms with Crippen molar-refractivity contribution in [3.8, 4) is 12.3 Å². The van der Waals surface area contributed by atoms with Crippen molar-refractivity contribution in [3.63, 3.8) is 0 Å². The second-order valence-electron chi connectivity index (χ2n) is 3.62. The predicted molar refractivity (Wildman–Crippen MR) is 68.5 cm³/mol. The van der Waals surface area contributed by atoms with Crippen LogP contribution < -0.4 is 5.32 Å². The highest BCUT2D eigenvalue weighted by Crippen LogP contribution is 2.17. The summed E-state index contributed by atoms with van der Waals surface area (Å²) in [5, 5.41) is 3.22. The van der Waals surface area contributed by atoms with Crippen LogP contribution in [0.15, 0.2) is 22.7 Å². The molecule has 1 N–H and O–H groups in total. The smallest absolute Gasteiger partial charge is 0.123 e. The number of terminal acetylenes is 1. The average Bonchev–Trinajstić information content (AvgIpc) is 2.28. The Balaban J connectivity index is 2.60. The molecular formula is C13H15BrFN. The van der Waals surface area contributed by atoms with Crippen LogP contribution in [0.2, 0.25) is 0 Å². The zero-order valence-corrected chi connectivity index (χ0v) is 10.8. The minimum absolute atomic E-state index is 0.0557. The van der Waals surface area contributed by atoms with Gasteiger partial charge in [-0.15, -0.1) is 6.42 Å². The van der Waals surface area contributed by atoms with E-state index in [9.17, 15) is 4.39 Å². The summed E-state index contributed by atoms with van der Waals surface area (Å²) in [7, 11) is 0. The van der Waals surface area contributed by atoms with Crippen LogP contribution in [0.3, 0.4) is 0 Å². The first-order chi connectivity index (χ1) is 7.67. The van der Waals surface area contributed by atoms with E-state index in [-0.39, 0.29) is 11.9 Å². The summed E-state index contributed by atoms with van der Waals surface area (Å²) in [6.07, 6.45) is 7.36. The molecule has 1 nitrogen and oxygen atoms in total. The summed E-state index contributed by atoms with van der Waals surface area (Å²) in [6.45, 7) is 2.66. The third-order valence-electron chi connectivity index (χ3n) is 2.33. The van der Waals surface area contributed by atoms with E-state index in [0.717, 1.165) is 22.9 Å². The van der Waals surface area contributed by atoms with Gasteiger partial charge in [-0.25, -0.2) is 4.39 Å². The quantitative estimate of drug-likeness (QED) is 0.816. The molecule has 0 heterocycles. The molecule has 1 aromatic carbocycles. The SMILES string of the molecule is C#CC(CCC)NCc1cc(F)ccc1Br. The Morgan fingerprint density at radius 1 is 1.56 bits per heavy atom. The Bertz CT molecular complexity index is 384. The van der Waals surface area contributed by atoms with Crippen molar-refractivity contribution in [1.29, 1.82) is 0 Å². The molecule has 0 fully saturated rings. The third-order valence-corrected chi connectivity index (χ3v) is 3.10. The van der Waals surface area contributed by atoms with Crippen molar-refractivity contribution >= 4 is 15.9 Å². The van der Waals surface area contributed by atoms with Gasteiger partial charge >= 0.3 is 0 Å². The van der Waals surface area contributed by atoms with E-state index in [1.54, 1.807) is 6.07 Å². The molecule has 0 aliphatic rings. The van der Waals surface area contributed by atoms with Crippen LogP contribution in [0.4, 0.5) is 4.39 Å². The maximum atomic E-state index is 13.0. The third kappa shape index (κ3) is 3.96. The standard InChI is InChI=1S/C13H15BrFN/c1-3-5-12(4-2)16-9-10-8-11(15)6-7-13(10)14/h2,6-8,12,16H,3,5,9H2,1H3. The number of halogens is 2. The first-order valence-electron chi connectivity index (χ1n) is 5.30. The summed E-state index contributed by atoms with van der Waals surface area (Å²) < 4.78 is 13.9. The molecular weight excluding hydrogens is 269 g/mol. The zero-order chi connectivity index (χ0) is 12.0. The Hall–Kier alpha value is -0.850. The Morgan fingerprint density at radius 2 is 2.31 bits per heavy atom. The number of hydrogen-bond donors (Lipinski definition) is 1. The van der Waals surface area contributed by atoms with Crippen molar-refractivity contribution in [1.82, 2.24) is 5.32 Å².